The Morgan fingerprint density at radius 3 is 2.67 bits per heavy atom. The van der Waals surface area contributed by atoms with Crippen LogP contribution in [-0.4, -0.2) is 34.5 Å². The van der Waals surface area contributed by atoms with Crippen molar-refractivity contribution in [2.45, 2.75) is 57.2 Å². The Hall–Kier alpha value is 0.170. The van der Waals surface area contributed by atoms with Crippen LogP contribution in [0.2, 0.25) is 0 Å². The van der Waals surface area contributed by atoms with E-state index in [1.807, 2.05) is 23.5 Å². The van der Waals surface area contributed by atoms with Crippen LogP contribution >= 0.6 is 23.5 Å². The van der Waals surface area contributed by atoms with Gasteiger partial charge in [0.1, 0.15) is 0 Å². The van der Waals surface area contributed by atoms with E-state index in [1.165, 1.54) is 36.6 Å². The smallest absolute Gasteiger partial charge is 0.156 e. The van der Waals surface area contributed by atoms with Gasteiger partial charge in [0.05, 0.1) is 6.54 Å². The van der Waals surface area contributed by atoms with Gasteiger partial charge in [-0.1, -0.05) is 39.0 Å². The number of hydrogen-bond donors (Lipinski definition) is 1. The summed E-state index contributed by atoms with van der Waals surface area (Å²) in [5.74, 6) is 1.21. The van der Waals surface area contributed by atoms with Gasteiger partial charge >= 0.3 is 0 Å². The molecule has 1 unspecified atom stereocenters. The number of thioether (sulfide) groups is 2. The largest absolute Gasteiger partial charge is 0.362 e. The predicted octanol–water partition coefficient (Wildman–Crippen LogP) is 3.77. The van der Waals surface area contributed by atoms with Crippen molar-refractivity contribution in [1.29, 1.82) is 0 Å². The van der Waals surface area contributed by atoms with Gasteiger partial charge in [0.15, 0.2) is 5.17 Å². The summed E-state index contributed by atoms with van der Waals surface area (Å²) in [5.41, 5.74) is 0.329. The normalized spacial score (nSPS) is 29.8. The summed E-state index contributed by atoms with van der Waals surface area (Å²) < 4.78 is 0.462. The van der Waals surface area contributed by atoms with Gasteiger partial charge in [-0.2, -0.15) is 11.8 Å². The second kappa shape index (κ2) is 5.66. The monoisotopic (exact) mass is 286 g/mol. The van der Waals surface area contributed by atoms with Crippen LogP contribution < -0.4 is 5.32 Å². The van der Waals surface area contributed by atoms with Gasteiger partial charge in [0, 0.05) is 16.5 Å². The molecule has 0 bridgehead atoms. The fraction of sp³-hybridized carbons (Fsp3) is 0.929. The summed E-state index contributed by atoms with van der Waals surface area (Å²) in [7, 11) is 0. The first kappa shape index (κ1) is 14.6. The van der Waals surface area contributed by atoms with E-state index in [9.17, 15) is 0 Å². The maximum absolute atomic E-state index is 4.86. The zero-order chi connectivity index (χ0) is 13.2. The summed E-state index contributed by atoms with van der Waals surface area (Å²) in [6, 6.07) is 0.573. The van der Waals surface area contributed by atoms with Gasteiger partial charge in [-0.25, -0.2) is 0 Å². The van der Waals surface area contributed by atoms with Crippen molar-refractivity contribution in [3.05, 3.63) is 0 Å². The van der Waals surface area contributed by atoms with E-state index in [0.29, 0.717) is 16.2 Å². The molecule has 104 valence electrons. The molecule has 1 saturated heterocycles. The minimum absolute atomic E-state index is 0.329. The fourth-order valence-electron chi connectivity index (χ4n) is 2.49. The number of hydrogen-bond acceptors (Lipinski definition) is 3. The first-order valence-electron chi connectivity index (χ1n) is 6.94. The van der Waals surface area contributed by atoms with E-state index in [2.05, 4.69) is 32.3 Å². The van der Waals surface area contributed by atoms with Crippen molar-refractivity contribution < 1.29 is 0 Å². The first-order chi connectivity index (χ1) is 8.45. The summed E-state index contributed by atoms with van der Waals surface area (Å²) in [5, 5.41) is 4.82. The summed E-state index contributed by atoms with van der Waals surface area (Å²) in [6.07, 6.45) is 7.56. The first-order valence-corrected chi connectivity index (χ1v) is 9.15. The molecular formula is C14H26N2S2. The molecule has 0 aromatic carbocycles. The molecule has 0 amide bonds. The molecule has 0 aromatic rings. The average molecular weight is 287 g/mol. The molecule has 0 spiro atoms. The Labute approximate surface area is 120 Å². The topological polar surface area (TPSA) is 24.4 Å². The van der Waals surface area contributed by atoms with Gasteiger partial charge in [0.25, 0.3) is 0 Å². The van der Waals surface area contributed by atoms with E-state index >= 15 is 0 Å². The number of nitrogens with zero attached hydrogens (tertiary/aromatic N) is 1. The number of aliphatic imine (C=N–C) groups is 1. The molecule has 1 aliphatic heterocycles. The average Bonchev–Trinajstić information content (AvgIpc) is 2.27. The van der Waals surface area contributed by atoms with Crippen LogP contribution in [0, 0.1) is 5.41 Å². The highest BCUT2D eigenvalue weighted by molar-refractivity contribution is 8.13. The summed E-state index contributed by atoms with van der Waals surface area (Å²) in [6.45, 7) is 7.94. The number of rotatable bonds is 3. The van der Waals surface area contributed by atoms with Crippen molar-refractivity contribution in [1.82, 2.24) is 5.32 Å². The molecule has 4 heteroatoms. The second-order valence-corrected chi connectivity index (χ2v) is 8.92. The molecule has 1 heterocycles. The fourth-order valence-corrected chi connectivity index (χ4v) is 4.31. The predicted molar refractivity (Wildman–Crippen MR) is 85.9 cm³/mol. The lowest BCUT2D eigenvalue weighted by molar-refractivity contribution is 0.289. The van der Waals surface area contributed by atoms with Crippen LogP contribution in [0.4, 0.5) is 0 Å². The SMILES string of the molecule is CSC1(CN=C2NC(C(C)(C)C)CCS2)CCC1. The van der Waals surface area contributed by atoms with E-state index < -0.39 is 0 Å². The third-order valence-corrected chi connectivity index (χ3v) is 6.56. The van der Waals surface area contributed by atoms with E-state index in [0.717, 1.165) is 6.54 Å². The molecule has 0 radical (unpaired) electrons. The number of amidine groups is 1. The molecule has 2 aliphatic rings. The highest BCUT2D eigenvalue weighted by atomic mass is 32.2. The summed E-state index contributed by atoms with van der Waals surface area (Å²) >= 11 is 3.91. The van der Waals surface area contributed by atoms with Crippen molar-refractivity contribution in [2.75, 3.05) is 18.6 Å². The molecule has 18 heavy (non-hydrogen) atoms. The standard InChI is InChI=1S/C14H26N2S2/c1-13(2,3)11-6-9-18-12(16-11)15-10-14(17-4)7-5-8-14/h11H,5-10H2,1-4H3,(H,15,16). The number of nitrogens with one attached hydrogen (secondary N) is 1. The lowest BCUT2D eigenvalue weighted by Gasteiger charge is -2.40. The summed E-state index contributed by atoms with van der Waals surface area (Å²) in [4.78, 5) is 4.86. The molecule has 2 nitrogen and oxygen atoms in total. The van der Waals surface area contributed by atoms with Crippen LogP contribution in [0.15, 0.2) is 4.99 Å². The van der Waals surface area contributed by atoms with Crippen LogP contribution in [0.3, 0.4) is 0 Å². The third-order valence-electron chi connectivity index (χ3n) is 4.20. The Morgan fingerprint density at radius 2 is 2.17 bits per heavy atom. The van der Waals surface area contributed by atoms with Crippen molar-refractivity contribution in [3.8, 4) is 0 Å². The molecule has 1 atom stereocenters. The van der Waals surface area contributed by atoms with Crippen LogP contribution in [0.1, 0.15) is 46.5 Å². The van der Waals surface area contributed by atoms with E-state index in [4.69, 9.17) is 4.99 Å². The van der Waals surface area contributed by atoms with Crippen LogP contribution in [-0.2, 0) is 0 Å². The highest BCUT2D eigenvalue weighted by Crippen LogP contribution is 2.43. The van der Waals surface area contributed by atoms with E-state index in [-0.39, 0.29) is 0 Å². The second-order valence-electron chi connectivity index (χ2n) is 6.56. The Kier molecular flexibility index (Phi) is 4.58. The Balaban J connectivity index is 1.92. The van der Waals surface area contributed by atoms with Gasteiger partial charge in [0.2, 0.25) is 0 Å². The van der Waals surface area contributed by atoms with Gasteiger partial charge in [-0.15, -0.1) is 0 Å². The minimum atomic E-state index is 0.329. The van der Waals surface area contributed by atoms with Crippen molar-refractivity contribution >= 4 is 28.7 Å². The molecule has 2 fully saturated rings. The lowest BCUT2D eigenvalue weighted by Crippen LogP contribution is -2.46. The molecule has 1 saturated carbocycles. The van der Waals surface area contributed by atoms with Gasteiger partial charge < -0.3 is 5.32 Å². The molecule has 2 rings (SSSR count). The minimum Gasteiger partial charge on any atom is -0.362 e. The Morgan fingerprint density at radius 1 is 1.44 bits per heavy atom. The van der Waals surface area contributed by atoms with Crippen molar-refractivity contribution in [3.63, 3.8) is 0 Å². The van der Waals surface area contributed by atoms with Crippen LogP contribution in [0.25, 0.3) is 0 Å². The van der Waals surface area contributed by atoms with E-state index in [1.54, 1.807) is 0 Å². The maximum atomic E-state index is 4.86. The quantitative estimate of drug-likeness (QED) is 0.854. The van der Waals surface area contributed by atoms with Gasteiger partial charge in [-0.3, -0.25) is 4.99 Å². The highest BCUT2D eigenvalue weighted by Gasteiger charge is 2.36. The maximum Gasteiger partial charge on any atom is 0.156 e. The van der Waals surface area contributed by atoms with Gasteiger partial charge in [-0.05, 0) is 30.9 Å². The lowest BCUT2D eigenvalue weighted by atomic mass is 9.84. The molecule has 1 N–H and O–H groups in total. The third kappa shape index (κ3) is 3.38. The zero-order valence-corrected chi connectivity index (χ0v) is 13.7. The molecule has 0 aromatic heterocycles. The van der Waals surface area contributed by atoms with Crippen LogP contribution in [0.5, 0.6) is 0 Å². The molecular weight excluding hydrogens is 260 g/mol. The molecule has 1 aliphatic carbocycles. The zero-order valence-electron chi connectivity index (χ0n) is 12.1. The van der Waals surface area contributed by atoms with Crippen molar-refractivity contribution in [2.24, 2.45) is 10.4 Å². The Bertz CT molecular complexity index is 311.